The van der Waals surface area contributed by atoms with Crippen LogP contribution in [-0.4, -0.2) is 21.0 Å². The first-order valence-corrected chi connectivity index (χ1v) is 10.2. The summed E-state index contributed by atoms with van der Waals surface area (Å²) in [5.41, 5.74) is 1.32. The summed E-state index contributed by atoms with van der Waals surface area (Å²) in [6, 6.07) is 2.45. The van der Waals surface area contributed by atoms with Crippen molar-refractivity contribution in [3.05, 3.63) is 17.0 Å². The van der Waals surface area contributed by atoms with Crippen LogP contribution in [0, 0.1) is 5.41 Å². The second-order valence-corrected chi connectivity index (χ2v) is 9.41. The highest BCUT2D eigenvalue weighted by Crippen LogP contribution is 2.49. The molecular weight excluding hydrogens is 304 g/mol. The van der Waals surface area contributed by atoms with Crippen LogP contribution in [0.4, 0.5) is 0 Å². The van der Waals surface area contributed by atoms with Crippen molar-refractivity contribution < 1.29 is 8.42 Å². The Balaban J connectivity index is 1.56. The van der Waals surface area contributed by atoms with Crippen LogP contribution in [0.15, 0.2) is 15.7 Å². The monoisotopic (exact) mass is 328 g/mol. The Bertz CT molecular complexity index is 587. The Kier molecular flexibility index (Phi) is 4.41. The van der Waals surface area contributed by atoms with E-state index in [-0.39, 0.29) is 5.41 Å². The molecule has 2 N–H and O–H groups in total. The molecule has 21 heavy (non-hydrogen) atoms. The third kappa shape index (κ3) is 4.06. The maximum absolute atomic E-state index is 12.4. The molecule has 2 aliphatic rings. The van der Waals surface area contributed by atoms with Crippen LogP contribution in [0.5, 0.6) is 0 Å². The van der Waals surface area contributed by atoms with E-state index in [1.165, 1.54) is 24.2 Å². The first-order valence-electron chi connectivity index (χ1n) is 7.83. The molecule has 0 bridgehead atoms. The number of hydrogen-bond acceptors (Lipinski definition) is 4. The fourth-order valence-corrected chi connectivity index (χ4v) is 5.09. The maximum atomic E-state index is 12.4. The predicted octanol–water partition coefficient (Wildman–Crippen LogP) is 2.86. The lowest BCUT2D eigenvalue weighted by atomic mass is 10.0. The van der Waals surface area contributed by atoms with E-state index < -0.39 is 10.0 Å². The van der Waals surface area contributed by atoms with Crippen molar-refractivity contribution in [2.75, 3.05) is 6.54 Å². The average Bonchev–Trinajstić information content (AvgIpc) is 3.37. The molecule has 0 spiro atoms. The van der Waals surface area contributed by atoms with Gasteiger partial charge in [-0.15, -0.1) is 11.3 Å². The Hall–Kier alpha value is -0.430. The maximum Gasteiger partial charge on any atom is 0.250 e. The fourth-order valence-electron chi connectivity index (χ4n) is 2.68. The van der Waals surface area contributed by atoms with Gasteiger partial charge in [-0.1, -0.05) is 13.3 Å². The highest BCUT2D eigenvalue weighted by molar-refractivity contribution is 7.91. The molecule has 2 saturated carbocycles. The van der Waals surface area contributed by atoms with Gasteiger partial charge in [0, 0.05) is 19.1 Å². The van der Waals surface area contributed by atoms with Gasteiger partial charge in [-0.05, 0) is 54.5 Å². The summed E-state index contributed by atoms with van der Waals surface area (Å²) in [5.74, 6) is 0. The summed E-state index contributed by atoms with van der Waals surface area (Å²) in [4.78, 5) is 0. The van der Waals surface area contributed by atoms with E-state index in [0.717, 1.165) is 37.8 Å². The summed E-state index contributed by atoms with van der Waals surface area (Å²) in [7, 11) is -3.33. The van der Waals surface area contributed by atoms with E-state index in [2.05, 4.69) is 17.0 Å². The molecule has 1 heterocycles. The highest BCUT2D eigenvalue weighted by atomic mass is 32.2. The Morgan fingerprint density at radius 3 is 2.76 bits per heavy atom. The standard InChI is InChI=1S/C15H24N2O2S2/c1-2-5-15(6-7-15)11-17-21(18,19)14-8-12(10-20-14)9-16-13-3-4-13/h8,10,13,16-17H,2-7,9,11H2,1H3. The van der Waals surface area contributed by atoms with Crippen LogP contribution in [-0.2, 0) is 16.6 Å². The van der Waals surface area contributed by atoms with Gasteiger partial charge < -0.3 is 5.32 Å². The zero-order valence-corrected chi connectivity index (χ0v) is 14.2. The van der Waals surface area contributed by atoms with Crippen LogP contribution in [0.1, 0.15) is 51.0 Å². The normalized spacial score (nSPS) is 20.6. The molecule has 0 aromatic carbocycles. The topological polar surface area (TPSA) is 58.2 Å². The minimum atomic E-state index is -3.33. The number of hydrogen-bond donors (Lipinski definition) is 2. The van der Waals surface area contributed by atoms with E-state index in [9.17, 15) is 8.42 Å². The third-order valence-corrected chi connectivity index (χ3v) is 7.33. The minimum Gasteiger partial charge on any atom is -0.310 e. The molecule has 1 aromatic rings. The fraction of sp³-hybridized carbons (Fsp3) is 0.733. The second kappa shape index (κ2) is 5.99. The van der Waals surface area contributed by atoms with E-state index in [0.29, 0.717) is 16.8 Å². The van der Waals surface area contributed by atoms with E-state index in [1.54, 1.807) is 0 Å². The highest BCUT2D eigenvalue weighted by Gasteiger charge is 2.42. The lowest BCUT2D eigenvalue weighted by molar-refractivity contribution is 0.449. The predicted molar refractivity (Wildman–Crippen MR) is 85.9 cm³/mol. The summed E-state index contributed by atoms with van der Waals surface area (Å²) < 4.78 is 28.0. The summed E-state index contributed by atoms with van der Waals surface area (Å²) >= 11 is 1.32. The van der Waals surface area contributed by atoms with Gasteiger partial charge in [-0.3, -0.25) is 0 Å². The van der Waals surface area contributed by atoms with E-state index >= 15 is 0 Å². The SMILES string of the molecule is CCCC1(CNS(=O)(=O)c2cc(CNC3CC3)cs2)CC1. The van der Waals surface area contributed by atoms with Crippen molar-refractivity contribution >= 4 is 21.4 Å². The lowest BCUT2D eigenvalue weighted by Gasteiger charge is -2.14. The zero-order valence-electron chi connectivity index (χ0n) is 12.5. The Labute approximate surface area is 131 Å². The van der Waals surface area contributed by atoms with Gasteiger partial charge in [0.05, 0.1) is 0 Å². The molecule has 1 aromatic heterocycles. The second-order valence-electron chi connectivity index (χ2n) is 6.50. The van der Waals surface area contributed by atoms with Gasteiger partial charge in [-0.2, -0.15) is 0 Å². The molecule has 0 radical (unpaired) electrons. The van der Waals surface area contributed by atoms with Crippen LogP contribution in [0.2, 0.25) is 0 Å². The average molecular weight is 329 g/mol. The number of rotatable bonds is 9. The van der Waals surface area contributed by atoms with Gasteiger partial charge in [0.2, 0.25) is 10.0 Å². The molecule has 2 fully saturated rings. The summed E-state index contributed by atoms with van der Waals surface area (Å²) in [5, 5.41) is 5.36. The lowest BCUT2D eigenvalue weighted by Crippen LogP contribution is -2.29. The van der Waals surface area contributed by atoms with Crippen LogP contribution in [0.25, 0.3) is 0 Å². The van der Waals surface area contributed by atoms with Gasteiger partial charge >= 0.3 is 0 Å². The van der Waals surface area contributed by atoms with Crippen LogP contribution >= 0.6 is 11.3 Å². The number of nitrogens with one attached hydrogen (secondary N) is 2. The number of thiophene rings is 1. The first-order chi connectivity index (χ1) is 10.0. The number of sulfonamides is 1. The molecule has 118 valence electrons. The molecular formula is C15H24N2O2S2. The molecule has 0 amide bonds. The molecule has 0 saturated heterocycles. The van der Waals surface area contributed by atoms with Crippen molar-refractivity contribution in [3.8, 4) is 0 Å². The van der Waals surface area contributed by atoms with Crippen LogP contribution in [0.3, 0.4) is 0 Å². The largest absolute Gasteiger partial charge is 0.310 e. The van der Waals surface area contributed by atoms with Gasteiger partial charge in [-0.25, -0.2) is 13.1 Å². The van der Waals surface area contributed by atoms with E-state index in [1.807, 2.05) is 11.4 Å². The van der Waals surface area contributed by atoms with Crippen molar-refractivity contribution in [2.24, 2.45) is 5.41 Å². The molecule has 0 unspecified atom stereocenters. The van der Waals surface area contributed by atoms with E-state index in [4.69, 9.17) is 0 Å². The smallest absolute Gasteiger partial charge is 0.250 e. The van der Waals surface area contributed by atoms with Gasteiger partial charge in [0.25, 0.3) is 0 Å². The Morgan fingerprint density at radius 1 is 1.38 bits per heavy atom. The van der Waals surface area contributed by atoms with Gasteiger partial charge in [0.1, 0.15) is 4.21 Å². The summed E-state index contributed by atoms with van der Waals surface area (Å²) in [6.45, 7) is 3.53. The quantitative estimate of drug-likeness (QED) is 0.733. The third-order valence-electron chi connectivity index (χ3n) is 4.44. The van der Waals surface area contributed by atoms with Crippen LogP contribution < -0.4 is 10.0 Å². The molecule has 2 aliphatic carbocycles. The molecule has 4 nitrogen and oxygen atoms in total. The van der Waals surface area contributed by atoms with Crippen molar-refractivity contribution in [1.82, 2.24) is 10.0 Å². The molecule has 0 atom stereocenters. The molecule has 3 rings (SSSR count). The van der Waals surface area contributed by atoms with Crippen molar-refractivity contribution in [1.29, 1.82) is 0 Å². The van der Waals surface area contributed by atoms with Gasteiger partial charge in [0.15, 0.2) is 0 Å². The molecule has 6 heteroatoms. The molecule has 0 aliphatic heterocycles. The first kappa shape index (κ1) is 15.5. The minimum absolute atomic E-state index is 0.245. The Morgan fingerprint density at radius 2 is 2.14 bits per heavy atom. The van der Waals surface area contributed by atoms with Crippen molar-refractivity contribution in [2.45, 2.75) is 62.2 Å². The summed E-state index contributed by atoms with van der Waals surface area (Å²) in [6.07, 6.45) is 7.05. The van der Waals surface area contributed by atoms with Crippen molar-refractivity contribution in [3.63, 3.8) is 0 Å². The zero-order chi connectivity index (χ0) is 14.9.